The van der Waals surface area contributed by atoms with Crippen molar-refractivity contribution in [2.24, 2.45) is 0 Å². The van der Waals surface area contributed by atoms with Gasteiger partial charge in [-0.15, -0.1) is 0 Å². The lowest BCUT2D eigenvalue weighted by Gasteiger charge is -2.09. The van der Waals surface area contributed by atoms with Crippen LogP contribution in [-0.2, 0) is 6.54 Å². The van der Waals surface area contributed by atoms with Gasteiger partial charge in [-0.1, -0.05) is 19.1 Å². The van der Waals surface area contributed by atoms with Gasteiger partial charge in [-0.05, 0) is 38.5 Å². The number of nitrogens with zero attached hydrogens (tertiary/aromatic N) is 2. The van der Waals surface area contributed by atoms with E-state index in [4.69, 9.17) is 0 Å². The largest absolute Gasteiger partial charge is 0.348 e. The Balaban J connectivity index is 2.33. The Kier molecular flexibility index (Phi) is 4.73. The third-order valence-electron chi connectivity index (χ3n) is 3.42. The Bertz CT molecular complexity index is 636. The Labute approximate surface area is 124 Å². The fraction of sp³-hybridized carbons (Fsp3) is 0.375. The molecule has 0 fully saturated rings. The molecule has 0 bridgehead atoms. The summed E-state index contributed by atoms with van der Waals surface area (Å²) in [6.45, 7) is 6.50. The van der Waals surface area contributed by atoms with Gasteiger partial charge in [0.25, 0.3) is 5.91 Å². The van der Waals surface area contributed by atoms with Crippen LogP contribution in [0.1, 0.15) is 37.7 Å². The molecule has 0 radical (unpaired) electrons. The summed E-state index contributed by atoms with van der Waals surface area (Å²) in [6, 6.07) is 8.10. The summed E-state index contributed by atoms with van der Waals surface area (Å²) >= 11 is 0. The van der Waals surface area contributed by atoms with Crippen molar-refractivity contribution in [3.8, 4) is 11.3 Å². The zero-order valence-corrected chi connectivity index (χ0v) is 12.6. The summed E-state index contributed by atoms with van der Waals surface area (Å²) in [6.07, 6.45) is 0.858. The highest BCUT2D eigenvalue weighted by molar-refractivity contribution is 5.93. The molecule has 1 aromatic carbocycles. The first kappa shape index (κ1) is 15.2. The first-order valence-electron chi connectivity index (χ1n) is 7.19. The van der Waals surface area contributed by atoms with Crippen molar-refractivity contribution in [3.63, 3.8) is 0 Å². The van der Waals surface area contributed by atoms with Crippen molar-refractivity contribution in [2.75, 3.05) is 0 Å². The highest BCUT2D eigenvalue weighted by atomic mass is 19.1. The minimum absolute atomic E-state index is 0.0990. The van der Waals surface area contributed by atoms with Gasteiger partial charge in [-0.2, -0.15) is 5.10 Å². The average Bonchev–Trinajstić information content (AvgIpc) is 2.91. The molecule has 1 N–H and O–H groups in total. The first-order chi connectivity index (χ1) is 10.0. The second-order valence-electron chi connectivity index (χ2n) is 5.02. The van der Waals surface area contributed by atoms with E-state index in [1.165, 1.54) is 12.1 Å². The fourth-order valence-corrected chi connectivity index (χ4v) is 2.05. The molecule has 0 saturated carbocycles. The monoisotopic (exact) mass is 289 g/mol. The van der Waals surface area contributed by atoms with Gasteiger partial charge in [0.15, 0.2) is 5.69 Å². The van der Waals surface area contributed by atoms with Crippen molar-refractivity contribution in [2.45, 2.75) is 39.8 Å². The van der Waals surface area contributed by atoms with E-state index in [1.54, 1.807) is 16.8 Å². The van der Waals surface area contributed by atoms with Crippen LogP contribution in [0.5, 0.6) is 0 Å². The number of halogens is 1. The van der Waals surface area contributed by atoms with Gasteiger partial charge < -0.3 is 5.32 Å². The van der Waals surface area contributed by atoms with Gasteiger partial charge in [0, 0.05) is 18.2 Å². The van der Waals surface area contributed by atoms with Crippen molar-refractivity contribution in [1.29, 1.82) is 0 Å². The van der Waals surface area contributed by atoms with Gasteiger partial charge in [0.2, 0.25) is 0 Å². The number of nitrogens with one attached hydrogen (secondary N) is 1. The van der Waals surface area contributed by atoms with E-state index in [1.807, 2.05) is 26.8 Å². The number of carbonyl (C=O) groups is 1. The number of hydrogen-bond donors (Lipinski definition) is 1. The van der Waals surface area contributed by atoms with E-state index in [9.17, 15) is 9.18 Å². The first-order valence-corrected chi connectivity index (χ1v) is 7.19. The van der Waals surface area contributed by atoms with Crippen LogP contribution in [0.25, 0.3) is 11.3 Å². The normalized spacial score (nSPS) is 12.2. The highest BCUT2D eigenvalue weighted by Crippen LogP contribution is 2.21. The molecule has 2 aromatic rings. The minimum Gasteiger partial charge on any atom is -0.348 e. The number of amides is 1. The van der Waals surface area contributed by atoms with E-state index < -0.39 is 0 Å². The highest BCUT2D eigenvalue weighted by Gasteiger charge is 2.16. The molecule has 0 aliphatic heterocycles. The van der Waals surface area contributed by atoms with Crippen LogP contribution < -0.4 is 5.32 Å². The van der Waals surface area contributed by atoms with Gasteiger partial charge >= 0.3 is 0 Å². The zero-order valence-electron chi connectivity index (χ0n) is 12.6. The van der Waals surface area contributed by atoms with E-state index in [-0.39, 0.29) is 17.8 Å². The molecule has 0 aliphatic rings. The smallest absolute Gasteiger partial charge is 0.272 e. The molecule has 0 unspecified atom stereocenters. The summed E-state index contributed by atoms with van der Waals surface area (Å²) in [5.41, 5.74) is 1.81. The molecule has 1 amide bonds. The summed E-state index contributed by atoms with van der Waals surface area (Å²) in [5, 5.41) is 7.19. The zero-order chi connectivity index (χ0) is 15.4. The van der Waals surface area contributed by atoms with Crippen LogP contribution in [0, 0.1) is 5.82 Å². The molecule has 5 heteroatoms. The average molecular weight is 289 g/mol. The number of rotatable bonds is 5. The molecule has 1 aromatic heterocycles. The molecule has 2 rings (SSSR count). The molecule has 1 atom stereocenters. The topological polar surface area (TPSA) is 46.9 Å². The molecule has 0 aliphatic carbocycles. The summed E-state index contributed by atoms with van der Waals surface area (Å²) in [5.74, 6) is -0.504. The summed E-state index contributed by atoms with van der Waals surface area (Å²) < 4.78 is 15.1. The molecule has 0 spiro atoms. The van der Waals surface area contributed by atoms with Crippen LogP contribution in [-0.4, -0.2) is 21.7 Å². The minimum atomic E-state index is -0.304. The SMILES string of the molecule is CC[C@@H](C)NC(=O)c1cc(-c2cccc(F)c2)n(CC)n1. The standard InChI is InChI=1S/C16H20FN3O/c1-4-11(3)18-16(21)14-10-15(20(5-2)19-14)12-7-6-8-13(17)9-12/h6-11H,4-5H2,1-3H3,(H,18,21)/t11-/m1/s1. The number of aryl methyl sites for hydroxylation is 1. The van der Waals surface area contributed by atoms with Crippen LogP contribution in [0.3, 0.4) is 0 Å². The molecular formula is C16H20FN3O. The van der Waals surface area contributed by atoms with Crippen LogP contribution in [0.2, 0.25) is 0 Å². The number of carbonyl (C=O) groups excluding carboxylic acids is 1. The van der Waals surface area contributed by atoms with Crippen molar-refractivity contribution < 1.29 is 9.18 Å². The molecule has 4 nitrogen and oxygen atoms in total. The van der Waals surface area contributed by atoms with Gasteiger partial charge in [0.05, 0.1) is 5.69 Å². The third kappa shape index (κ3) is 3.48. The summed E-state index contributed by atoms with van der Waals surface area (Å²) in [4.78, 5) is 12.1. The van der Waals surface area contributed by atoms with Gasteiger partial charge in [-0.3, -0.25) is 9.48 Å². The van der Waals surface area contributed by atoms with Crippen molar-refractivity contribution >= 4 is 5.91 Å². The van der Waals surface area contributed by atoms with Crippen LogP contribution in [0.4, 0.5) is 4.39 Å². The second kappa shape index (κ2) is 6.52. The van der Waals surface area contributed by atoms with E-state index in [2.05, 4.69) is 10.4 Å². The number of hydrogen-bond acceptors (Lipinski definition) is 2. The molecular weight excluding hydrogens is 269 g/mol. The van der Waals surface area contributed by atoms with E-state index >= 15 is 0 Å². The lowest BCUT2D eigenvalue weighted by Crippen LogP contribution is -2.32. The summed E-state index contributed by atoms with van der Waals surface area (Å²) in [7, 11) is 0. The van der Waals surface area contributed by atoms with Gasteiger partial charge in [0.1, 0.15) is 5.82 Å². The molecule has 0 saturated heterocycles. The Morgan fingerprint density at radius 1 is 1.38 bits per heavy atom. The van der Waals surface area contributed by atoms with Crippen molar-refractivity contribution in [1.82, 2.24) is 15.1 Å². The van der Waals surface area contributed by atoms with Crippen molar-refractivity contribution in [3.05, 3.63) is 41.8 Å². The maximum absolute atomic E-state index is 13.4. The third-order valence-corrected chi connectivity index (χ3v) is 3.42. The molecule has 1 heterocycles. The molecule has 21 heavy (non-hydrogen) atoms. The maximum atomic E-state index is 13.4. The van der Waals surface area contributed by atoms with Crippen LogP contribution >= 0.6 is 0 Å². The quantitative estimate of drug-likeness (QED) is 0.918. The predicted octanol–water partition coefficient (Wildman–Crippen LogP) is 3.24. The number of aromatic nitrogens is 2. The lowest BCUT2D eigenvalue weighted by atomic mass is 10.1. The van der Waals surface area contributed by atoms with Crippen LogP contribution in [0.15, 0.2) is 30.3 Å². The fourth-order valence-electron chi connectivity index (χ4n) is 2.05. The Hall–Kier alpha value is -2.17. The molecule has 112 valence electrons. The second-order valence-corrected chi connectivity index (χ2v) is 5.02. The Morgan fingerprint density at radius 2 is 2.14 bits per heavy atom. The Morgan fingerprint density at radius 3 is 2.76 bits per heavy atom. The van der Waals surface area contributed by atoms with Gasteiger partial charge in [-0.25, -0.2) is 4.39 Å². The van der Waals surface area contributed by atoms with E-state index in [0.717, 1.165) is 12.1 Å². The number of benzene rings is 1. The maximum Gasteiger partial charge on any atom is 0.272 e. The lowest BCUT2D eigenvalue weighted by molar-refractivity contribution is 0.0933. The van der Waals surface area contributed by atoms with E-state index in [0.29, 0.717) is 17.8 Å². The predicted molar refractivity (Wildman–Crippen MR) is 80.5 cm³/mol.